The van der Waals surface area contributed by atoms with Crippen molar-refractivity contribution in [2.24, 2.45) is 11.8 Å². The van der Waals surface area contributed by atoms with Gasteiger partial charge < -0.3 is 15.2 Å². The molecule has 1 unspecified atom stereocenters. The van der Waals surface area contributed by atoms with Gasteiger partial charge in [0.05, 0.1) is 10.7 Å². The van der Waals surface area contributed by atoms with Crippen molar-refractivity contribution in [2.75, 3.05) is 18.8 Å². The fraction of sp³-hybridized carbons (Fsp3) is 0.545. The van der Waals surface area contributed by atoms with Crippen LogP contribution in [-0.4, -0.2) is 47.9 Å². The summed E-state index contributed by atoms with van der Waals surface area (Å²) < 4.78 is 30.8. The number of imidazole rings is 1. The average molecular weight is 549 g/mol. The van der Waals surface area contributed by atoms with Gasteiger partial charge in [0.15, 0.2) is 0 Å². The van der Waals surface area contributed by atoms with Crippen molar-refractivity contribution in [3.05, 3.63) is 39.9 Å². The third kappa shape index (κ3) is 5.65. The van der Waals surface area contributed by atoms with Crippen molar-refractivity contribution < 1.29 is 13.2 Å². The van der Waals surface area contributed by atoms with Gasteiger partial charge in [-0.2, -0.15) is 4.72 Å². The van der Waals surface area contributed by atoms with Gasteiger partial charge in [-0.3, -0.25) is 4.79 Å². The van der Waals surface area contributed by atoms with Gasteiger partial charge in [0.1, 0.15) is 10.9 Å². The van der Waals surface area contributed by atoms with Gasteiger partial charge in [-0.05, 0) is 54.8 Å². The molecule has 2 heterocycles. The second kappa shape index (κ2) is 10.6. The van der Waals surface area contributed by atoms with Crippen LogP contribution in [0, 0.1) is 11.8 Å². The molecule has 3 N–H and O–H groups in total. The number of sulfonamides is 1. The first-order valence-corrected chi connectivity index (χ1v) is 14.0. The van der Waals surface area contributed by atoms with Crippen molar-refractivity contribution in [3.8, 4) is 0 Å². The second-order valence-electron chi connectivity index (χ2n) is 9.04. The van der Waals surface area contributed by atoms with E-state index < -0.39 is 16.1 Å². The van der Waals surface area contributed by atoms with Gasteiger partial charge in [-0.1, -0.05) is 42.5 Å². The Hall–Kier alpha value is -1.52. The molecule has 2 aromatic rings. The van der Waals surface area contributed by atoms with Gasteiger partial charge >= 0.3 is 0 Å². The number of aryl methyl sites for hydroxylation is 1. The van der Waals surface area contributed by atoms with Crippen molar-refractivity contribution in [1.82, 2.24) is 19.2 Å². The van der Waals surface area contributed by atoms with Crippen molar-refractivity contribution in [3.63, 3.8) is 0 Å². The van der Waals surface area contributed by atoms with Crippen LogP contribution in [0.4, 0.5) is 5.69 Å². The van der Waals surface area contributed by atoms with E-state index in [9.17, 15) is 13.2 Å². The molecule has 1 aromatic heterocycles. The van der Waals surface area contributed by atoms with E-state index in [4.69, 9.17) is 40.5 Å². The molecule has 1 aliphatic heterocycles. The number of carbonyl (C=O) groups excluding carboxylic acids is 1. The molecule has 2 aliphatic rings. The first-order valence-electron chi connectivity index (χ1n) is 11.4. The maximum absolute atomic E-state index is 13.6. The molecule has 1 saturated heterocycles. The first-order chi connectivity index (χ1) is 16.2. The minimum Gasteiger partial charge on any atom is -0.398 e. The molecule has 12 heteroatoms. The van der Waals surface area contributed by atoms with Crippen molar-refractivity contribution in [1.29, 1.82) is 0 Å². The zero-order valence-corrected chi connectivity index (χ0v) is 21.7. The topological polar surface area (TPSA) is 110 Å². The minimum absolute atomic E-state index is 0.0862. The fourth-order valence-electron chi connectivity index (χ4n) is 5.11. The van der Waals surface area contributed by atoms with E-state index in [1.54, 1.807) is 21.9 Å². The average Bonchev–Trinajstić information content (AvgIpc) is 3.19. The largest absolute Gasteiger partial charge is 0.398 e. The van der Waals surface area contributed by atoms with Crippen molar-refractivity contribution in [2.45, 2.75) is 56.0 Å². The van der Waals surface area contributed by atoms with Crippen LogP contribution in [0.15, 0.2) is 29.4 Å². The van der Waals surface area contributed by atoms with E-state index in [0.717, 1.165) is 12.8 Å². The molecule has 0 bridgehead atoms. The summed E-state index contributed by atoms with van der Waals surface area (Å²) in [5.74, 6) is 0.853. The maximum Gasteiger partial charge on any atom is 0.244 e. The summed E-state index contributed by atoms with van der Waals surface area (Å²) >= 11 is 18.2. The maximum atomic E-state index is 13.6. The van der Waals surface area contributed by atoms with E-state index in [2.05, 4.69) is 9.71 Å². The number of nitrogens with two attached hydrogens (primary N) is 1. The van der Waals surface area contributed by atoms with Crippen LogP contribution in [0.1, 0.15) is 38.5 Å². The highest BCUT2D eigenvalue weighted by Crippen LogP contribution is 2.36. The predicted molar refractivity (Wildman–Crippen MR) is 133 cm³/mol. The molecule has 34 heavy (non-hydrogen) atoms. The highest BCUT2D eigenvalue weighted by Gasteiger charge is 2.37. The number of carbonyl (C=O) groups is 1. The third-order valence-electron chi connectivity index (χ3n) is 6.83. The van der Waals surface area contributed by atoms with Gasteiger partial charge in [-0.25, -0.2) is 13.4 Å². The summed E-state index contributed by atoms with van der Waals surface area (Å²) in [6.07, 6.45) is 9.08. The van der Waals surface area contributed by atoms with E-state index in [1.807, 2.05) is 0 Å². The van der Waals surface area contributed by atoms with Crippen LogP contribution in [-0.2, 0) is 21.4 Å². The van der Waals surface area contributed by atoms with E-state index in [0.29, 0.717) is 31.5 Å². The van der Waals surface area contributed by atoms with Gasteiger partial charge in [0.2, 0.25) is 21.2 Å². The zero-order chi connectivity index (χ0) is 24.5. The summed E-state index contributed by atoms with van der Waals surface area (Å²) in [6, 6.07) is 1.61. The molecule has 1 aliphatic carbocycles. The van der Waals surface area contributed by atoms with Crippen LogP contribution < -0.4 is 10.5 Å². The second-order valence-corrected chi connectivity index (χ2v) is 11.9. The van der Waals surface area contributed by atoms with Crippen LogP contribution in [0.3, 0.4) is 0 Å². The van der Waals surface area contributed by atoms with Crippen LogP contribution in [0.5, 0.6) is 0 Å². The number of hydrogen-bond acceptors (Lipinski definition) is 5. The Balaban J connectivity index is 1.57. The molecule has 4 rings (SSSR count). The summed E-state index contributed by atoms with van der Waals surface area (Å²) in [6.45, 7) is 1.58. The third-order valence-corrected chi connectivity index (χ3v) is 9.36. The predicted octanol–water partition coefficient (Wildman–Crippen LogP) is 4.20. The molecule has 8 nitrogen and oxygen atoms in total. The number of nitrogens with one attached hydrogen (secondary N) is 1. The Labute approximate surface area is 214 Å². The summed E-state index contributed by atoms with van der Waals surface area (Å²) in [5.41, 5.74) is 5.85. The van der Waals surface area contributed by atoms with E-state index in [1.165, 1.54) is 31.4 Å². The number of hydrogen-bond donors (Lipinski definition) is 2. The summed E-state index contributed by atoms with van der Waals surface area (Å²) in [7, 11) is -4.22. The molecule has 3 atom stereocenters. The fourth-order valence-corrected chi connectivity index (χ4v) is 7.52. The van der Waals surface area contributed by atoms with E-state index >= 15 is 0 Å². The highest BCUT2D eigenvalue weighted by molar-refractivity contribution is 7.89. The Bertz CT molecular complexity index is 1130. The Morgan fingerprint density at radius 3 is 2.59 bits per heavy atom. The number of benzene rings is 1. The highest BCUT2D eigenvalue weighted by atomic mass is 35.5. The molecule has 0 radical (unpaired) electrons. The standard InChI is InChI=1S/C22H28Cl3N5O3S/c23-16-11-17(24)20(18(26)12-16)34(32,33)28-19(6-9-29-10-7-27-22(29)25)21(31)30-8-5-14-3-1-2-4-15(14)13-30/h7,10-12,14-15,19,28H,1-6,8-9,13,26H2/t14-,15-,19?/m0/s1. The zero-order valence-electron chi connectivity index (χ0n) is 18.6. The lowest BCUT2D eigenvalue weighted by Gasteiger charge is -2.42. The quantitative estimate of drug-likeness (QED) is 0.504. The number of halogens is 3. The number of fused-ring (bicyclic) bond motifs is 1. The van der Waals surface area contributed by atoms with E-state index in [-0.39, 0.29) is 38.2 Å². The smallest absolute Gasteiger partial charge is 0.244 e. The Morgan fingerprint density at radius 1 is 1.18 bits per heavy atom. The molecule has 1 saturated carbocycles. The molecular formula is C22H28Cl3N5O3S. The SMILES string of the molecule is Nc1cc(Cl)cc(Cl)c1S(=O)(=O)NC(CCn1ccnc1Cl)C(=O)N1CC[C@@H]2CCCC[C@H]2C1. The number of anilines is 1. The lowest BCUT2D eigenvalue weighted by atomic mass is 9.75. The summed E-state index contributed by atoms with van der Waals surface area (Å²) in [4.78, 5) is 19.1. The number of aromatic nitrogens is 2. The molecule has 0 spiro atoms. The first kappa shape index (κ1) is 25.6. The molecular weight excluding hydrogens is 521 g/mol. The molecule has 1 amide bonds. The number of likely N-dealkylation sites (tertiary alicyclic amines) is 1. The van der Waals surface area contributed by atoms with Crippen LogP contribution in [0.25, 0.3) is 0 Å². The number of rotatable bonds is 7. The minimum atomic E-state index is -4.22. The summed E-state index contributed by atoms with van der Waals surface area (Å²) in [5, 5.41) is 0.380. The van der Waals surface area contributed by atoms with Crippen molar-refractivity contribution >= 4 is 56.4 Å². The molecule has 186 valence electrons. The van der Waals surface area contributed by atoms with Gasteiger partial charge in [-0.15, -0.1) is 0 Å². The van der Waals surface area contributed by atoms with Crippen LogP contribution >= 0.6 is 34.8 Å². The lowest BCUT2D eigenvalue weighted by Crippen LogP contribution is -2.53. The molecule has 1 aromatic carbocycles. The van der Waals surface area contributed by atoms with Crippen LogP contribution in [0.2, 0.25) is 15.3 Å². The van der Waals surface area contributed by atoms with Gasteiger partial charge in [0.25, 0.3) is 0 Å². The number of nitrogen functional groups attached to an aromatic ring is 1. The Morgan fingerprint density at radius 2 is 1.91 bits per heavy atom. The number of piperidine rings is 1. The lowest BCUT2D eigenvalue weighted by molar-refractivity contribution is -0.136. The van der Waals surface area contributed by atoms with Gasteiger partial charge in [0, 0.05) is 37.1 Å². The normalized spacial score (nSPS) is 21.8. The monoisotopic (exact) mass is 547 g/mol. The number of amides is 1. The Kier molecular flexibility index (Phi) is 7.99. The number of nitrogens with zero attached hydrogens (tertiary/aromatic N) is 3. The molecule has 2 fully saturated rings.